The maximum absolute atomic E-state index is 12.0. The van der Waals surface area contributed by atoms with Crippen molar-refractivity contribution in [3.8, 4) is 11.5 Å². The van der Waals surface area contributed by atoms with E-state index in [1.54, 1.807) is 0 Å². The number of nitro groups is 2. The van der Waals surface area contributed by atoms with Gasteiger partial charge in [0.1, 0.15) is 0 Å². The monoisotopic (exact) mass is 610 g/mol. The van der Waals surface area contributed by atoms with Crippen LogP contribution in [0.3, 0.4) is 0 Å². The van der Waals surface area contributed by atoms with Gasteiger partial charge in [0.05, 0.1) is 9.85 Å². The Morgan fingerprint density at radius 3 is 1.17 bits per heavy atom. The van der Waals surface area contributed by atoms with E-state index in [0.29, 0.717) is 24.3 Å². The van der Waals surface area contributed by atoms with Crippen LogP contribution in [-0.2, 0) is 20.2 Å². The van der Waals surface area contributed by atoms with Crippen molar-refractivity contribution in [3.05, 3.63) is 66.7 Å². The Kier molecular flexibility index (Phi) is 9.35. The maximum Gasteiger partial charge on any atom is 0.534 e. The van der Waals surface area contributed by atoms with E-state index in [4.69, 9.17) is 23.2 Å². The molecule has 0 N–H and O–H groups in total. The molecule has 12 nitrogen and oxygen atoms in total. The fraction of sp³-hybridized carbons (Fsp3) is 0.143. The van der Waals surface area contributed by atoms with E-state index in [9.17, 15) is 63.4 Å². The van der Waals surface area contributed by atoms with E-state index < -0.39 is 64.0 Å². The molecule has 2 aromatic carbocycles. The first kappa shape index (κ1) is 30.9. The third-order valence-electron chi connectivity index (χ3n) is 3.20. The predicted octanol–water partition coefficient (Wildman–Crippen LogP) is 4.95. The maximum atomic E-state index is 12.0. The summed E-state index contributed by atoms with van der Waals surface area (Å²) in [6, 6.07) is 4.56. The zero-order valence-corrected chi connectivity index (χ0v) is 19.4. The predicted molar refractivity (Wildman–Crippen MR) is 107 cm³/mol. The van der Waals surface area contributed by atoms with Gasteiger partial charge in [-0.1, -0.05) is 23.2 Å². The average Bonchev–Trinajstić information content (AvgIpc) is 2.69. The van der Waals surface area contributed by atoms with Crippen molar-refractivity contribution < 1.29 is 61.4 Å². The minimum Gasteiger partial charge on any atom is -0.369 e. The van der Waals surface area contributed by atoms with Crippen LogP contribution in [0.25, 0.3) is 0 Å². The number of alkyl halides is 6. The molecule has 0 radical (unpaired) electrons. The molecule has 2 rings (SSSR count). The van der Waals surface area contributed by atoms with E-state index in [-0.39, 0.29) is 10.0 Å². The first-order chi connectivity index (χ1) is 16.1. The van der Waals surface area contributed by atoms with Gasteiger partial charge >= 0.3 is 42.6 Å². The first-order valence-electron chi connectivity index (χ1n) is 7.98. The Labute approximate surface area is 205 Å². The molecule has 0 bridgehead atoms. The Balaban J connectivity index is 0.000000360. The van der Waals surface area contributed by atoms with E-state index in [0.717, 1.165) is 12.1 Å². The third kappa shape index (κ3) is 7.96. The molecule has 200 valence electrons. The Hall–Kier alpha value is -3.10. The van der Waals surface area contributed by atoms with Crippen molar-refractivity contribution in [2.75, 3.05) is 0 Å². The molecule has 0 amide bonds. The van der Waals surface area contributed by atoms with E-state index in [2.05, 4.69) is 8.37 Å². The lowest BCUT2D eigenvalue weighted by molar-refractivity contribution is -0.385. The van der Waals surface area contributed by atoms with E-state index in [1.165, 1.54) is 0 Å². The largest absolute Gasteiger partial charge is 0.534 e. The van der Waals surface area contributed by atoms with Crippen molar-refractivity contribution in [1.29, 1.82) is 0 Å². The molecular weight excluding hydrogens is 605 g/mol. The Morgan fingerprint density at radius 2 is 0.944 bits per heavy atom. The highest BCUT2D eigenvalue weighted by Gasteiger charge is 2.50. The lowest BCUT2D eigenvalue weighted by atomic mass is 10.3. The van der Waals surface area contributed by atoms with Gasteiger partial charge in [-0.15, -0.1) is 0 Å². The van der Waals surface area contributed by atoms with Gasteiger partial charge in [0.2, 0.25) is 11.5 Å². The van der Waals surface area contributed by atoms with Crippen LogP contribution in [0, 0.1) is 20.2 Å². The molecule has 0 aromatic heterocycles. The van der Waals surface area contributed by atoms with Crippen LogP contribution >= 0.6 is 23.2 Å². The highest BCUT2D eigenvalue weighted by atomic mass is 35.5. The summed E-state index contributed by atoms with van der Waals surface area (Å²) in [5, 5.41) is 20.7. The van der Waals surface area contributed by atoms with Gasteiger partial charge in [-0.25, -0.2) is 0 Å². The summed E-state index contributed by atoms with van der Waals surface area (Å²) in [6.07, 6.45) is 0. The molecule has 0 spiro atoms. The minimum absolute atomic E-state index is 0.154. The molecule has 0 atom stereocenters. The quantitative estimate of drug-likeness (QED) is 0.143. The average molecular weight is 611 g/mol. The summed E-state index contributed by atoms with van der Waals surface area (Å²) in [7, 11) is -11.9. The molecule has 0 fully saturated rings. The summed E-state index contributed by atoms with van der Waals surface area (Å²) < 4.78 is 122. The second-order valence-electron chi connectivity index (χ2n) is 5.70. The van der Waals surface area contributed by atoms with Crippen LogP contribution in [0.2, 0.25) is 10.0 Å². The number of hydrogen-bond donors (Lipinski definition) is 0. The molecule has 0 saturated carbocycles. The molecule has 0 aliphatic carbocycles. The summed E-state index contributed by atoms with van der Waals surface area (Å²) in [5.41, 5.74) is -13.3. The second kappa shape index (κ2) is 10.9. The number of benzene rings is 2. The molecule has 2 aromatic rings. The summed E-state index contributed by atoms with van der Waals surface area (Å²) in [6.45, 7) is 0. The lowest BCUT2D eigenvalue weighted by Gasteiger charge is -2.09. The first-order valence-corrected chi connectivity index (χ1v) is 11.6. The topological polar surface area (TPSA) is 173 Å². The van der Waals surface area contributed by atoms with Crippen molar-refractivity contribution in [2.24, 2.45) is 0 Å². The Bertz CT molecular complexity index is 1280. The van der Waals surface area contributed by atoms with Crippen LogP contribution in [0.5, 0.6) is 11.5 Å². The number of nitrogens with zero attached hydrogens (tertiary/aromatic N) is 2. The van der Waals surface area contributed by atoms with E-state index >= 15 is 0 Å². The summed E-state index contributed by atoms with van der Waals surface area (Å²) in [4.78, 5) is 18.8. The van der Waals surface area contributed by atoms with Crippen LogP contribution in [-0.4, -0.2) is 37.7 Å². The number of nitro benzene ring substituents is 2. The summed E-state index contributed by atoms with van der Waals surface area (Å²) >= 11 is 10.8. The highest BCUT2D eigenvalue weighted by molar-refractivity contribution is 7.88. The number of hydrogen-bond acceptors (Lipinski definition) is 10. The van der Waals surface area contributed by atoms with Crippen molar-refractivity contribution in [2.45, 2.75) is 11.0 Å². The molecule has 0 aliphatic rings. The molecule has 0 heterocycles. The third-order valence-corrected chi connectivity index (χ3v) is 5.60. The number of rotatable bonds is 6. The number of halogens is 8. The van der Waals surface area contributed by atoms with Gasteiger partial charge in [-0.2, -0.15) is 43.2 Å². The standard InChI is InChI=1S/2C7H3ClF3NO5S/c2*8-4-1-2-6(5(3-4)12(13)14)17-18(15,16)7(9,10)11/h2*1-3H. The zero-order chi connectivity index (χ0) is 28.3. The van der Waals surface area contributed by atoms with E-state index in [1.807, 2.05) is 0 Å². The molecule has 0 aliphatic heterocycles. The van der Waals surface area contributed by atoms with Crippen molar-refractivity contribution >= 4 is 54.8 Å². The molecule has 0 unspecified atom stereocenters. The van der Waals surface area contributed by atoms with Gasteiger partial charge in [0.15, 0.2) is 0 Å². The molecular formula is C14H6Cl2F6N2O10S2. The van der Waals surface area contributed by atoms with Crippen molar-refractivity contribution in [3.63, 3.8) is 0 Å². The SMILES string of the molecule is O=[N+]([O-])c1cc(Cl)ccc1OS(=O)(=O)C(F)(F)F.O=[N+]([O-])c1cc(Cl)ccc1OS(=O)(=O)C(F)(F)F. The lowest BCUT2D eigenvalue weighted by Crippen LogP contribution is -2.28. The highest BCUT2D eigenvalue weighted by Crippen LogP contribution is 2.35. The van der Waals surface area contributed by atoms with Gasteiger partial charge in [-0.05, 0) is 24.3 Å². The Morgan fingerprint density at radius 1 is 0.667 bits per heavy atom. The minimum atomic E-state index is -5.97. The van der Waals surface area contributed by atoms with Gasteiger partial charge in [-0.3, -0.25) is 20.2 Å². The summed E-state index contributed by atoms with van der Waals surface area (Å²) in [5.74, 6) is -2.14. The van der Waals surface area contributed by atoms with Gasteiger partial charge in [0.25, 0.3) is 0 Å². The molecule has 0 saturated heterocycles. The molecule has 36 heavy (non-hydrogen) atoms. The van der Waals surface area contributed by atoms with Crippen molar-refractivity contribution in [1.82, 2.24) is 0 Å². The van der Waals surface area contributed by atoms with Crippen LogP contribution < -0.4 is 8.37 Å². The normalized spacial score (nSPS) is 12.2. The van der Waals surface area contributed by atoms with Crippen LogP contribution in [0.1, 0.15) is 0 Å². The molecule has 22 heteroatoms. The van der Waals surface area contributed by atoms with Gasteiger partial charge < -0.3 is 8.37 Å². The van der Waals surface area contributed by atoms with Gasteiger partial charge in [0, 0.05) is 22.2 Å². The second-order valence-corrected chi connectivity index (χ2v) is 9.65. The fourth-order valence-corrected chi connectivity index (χ4v) is 3.01. The smallest absolute Gasteiger partial charge is 0.369 e. The van der Waals surface area contributed by atoms with Crippen LogP contribution in [0.4, 0.5) is 37.7 Å². The van der Waals surface area contributed by atoms with Crippen LogP contribution in [0.15, 0.2) is 36.4 Å². The fourth-order valence-electron chi connectivity index (χ4n) is 1.74. The zero-order valence-electron chi connectivity index (χ0n) is 16.3.